The summed E-state index contributed by atoms with van der Waals surface area (Å²) in [4.78, 5) is 49.1. The molecule has 1 heterocycles. The van der Waals surface area contributed by atoms with Crippen LogP contribution in [0.25, 0.3) is 0 Å². The molecule has 2 bridgehead atoms. The van der Waals surface area contributed by atoms with E-state index in [1.54, 1.807) is 0 Å². The highest BCUT2D eigenvalue weighted by Gasteiger charge is 2.71. The van der Waals surface area contributed by atoms with E-state index >= 15 is 0 Å². The third-order valence-electron chi connectivity index (χ3n) is 7.44. The molecule has 6 atom stereocenters. The minimum absolute atomic E-state index is 0.0969. The maximum atomic E-state index is 13.7. The van der Waals surface area contributed by atoms with E-state index in [0.29, 0.717) is 19.3 Å². The van der Waals surface area contributed by atoms with Crippen LogP contribution in [0.1, 0.15) is 45.4 Å². The predicted octanol–water partition coefficient (Wildman–Crippen LogP) is 0.995. The molecule has 4 rings (SSSR count). The molecule has 3 saturated carbocycles. The quantitative estimate of drug-likeness (QED) is 0.282. The van der Waals surface area contributed by atoms with Crippen LogP contribution < -0.4 is 0 Å². The van der Waals surface area contributed by atoms with Crippen LogP contribution in [0.15, 0.2) is 0 Å². The van der Waals surface area contributed by atoms with Crippen molar-refractivity contribution in [2.75, 3.05) is 6.61 Å². The zero-order valence-corrected chi connectivity index (χ0v) is 18.9. The number of hydrogen-bond acceptors (Lipinski definition) is 10. The maximum absolute atomic E-state index is 13.7. The van der Waals surface area contributed by atoms with E-state index in [9.17, 15) is 36.4 Å². The average molecular weight is 510 g/mol. The van der Waals surface area contributed by atoms with Gasteiger partial charge in [0.2, 0.25) is 0 Å². The van der Waals surface area contributed by atoms with Crippen molar-refractivity contribution in [2.24, 2.45) is 23.7 Å². The van der Waals surface area contributed by atoms with Crippen LogP contribution in [-0.4, -0.2) is 66.5 Å². The van der Waals surface area contributed by atoms with Gasteiger partial charge in [0.1, 0.15) is 17.8 Å². The molecule has 14 heteroatoms. The standard InChI is InChI=1S/C20H24F2O11S/c1-2-19(5-3-4-6-19)33-11(23)8-30-16(24)12-9-7-10-13(12)17(25)31-14(10)15(9)32-18(26)20(21,22)34(27,28)29/h9-10,12-15H,2-8H2,1H3,(H,27,28,29). The van der Waals surface area contributed by atoms with Gasteiger partial charge >= 0.3 is 39.2 Å². The van der Waals surface area contributed by atoms with Crippen LogP contribution in [0.2, 0.25) is 0 Å². The fourth-order valence-corrected chi connectivity index (χ4v) is 6.07. The fourth-order valence-electron chi connectivity index (χ4n) is 5.81. The Labute approximate surface area is 193 Å². The summed E-state index contributed by atoms with van der Waals surface area (Å²) in [5, 5.41) is -5.24. The maximum Gasteiger partial charge on any atom is 0.465 e. The molecule has 4 fully saturated rings. The summed E-state index contributed by atoms with van der Waals surface area (Å²) < 4.78 is 77.9. The van der Waals surface area contributed by atoms with Crippen LogP contribution in [0.3, 0.4) is 0 Å². The van der Waals surface area contributed by atoms with Crippen LogP contribution in [0.5, 0.6) is 0 Å². The Bertz CT molecular complexity index is 1000. The summed E-state index contributed by atoms with van der Waals surface area (Å²) in [5.41, 5.74) is -0.601. The molecule has 0 aromatic rings. The molecule has 0 aromatic carbocycles. The SMILES string of the molecule is CCC1(OC(=O)COC(=O)C2C3CC4C(OC(=O)C42)C3OC(=O)C(F)(F)S(=O)(=O)O)CCCC1. The highest BCUT2D eigenvalue weighted by Crippen LogP contribution is 2.59. The van der Waals surface area contributed by atoms with Gasteiger partial charge in [-0.1, -0.05) is 6.92 Å². The molecular weight excluding hydrogens is 486 g/mol. The van der Waals surface area contributed by atoms with Crippen LogP contribution in [0.4, 0.5) is 8.78 Å². The lowest BCUT2D eigenvalue weighted by Crippen LogP contribution is -2.48. The van der Waals surface area contributed by atoms with Gasteiger partial charge in [-0.25, -0.2) is 9.59 Å². The van der Waals surface area contributed by atoms with E-state index < -0.39 is 87.3 Å². The zero-order chi connectivity index (χ0) is 25.1. The number of carbonyl (C=O) groups is 4. The first-order chi connectivity index (χ1) is 15.8. The van der Waals surface area contributed by atoms with Crippen molar-refractivity contribution in [1.29, 1.82) is 0 Å². The number of alkyl halides is 2. The third-order valence-corrected chi connectivity index (χ3v) is 8.26. The topological polar surface area (TPSA) is 160 Å². The smallest absolute Gasteiger partial charge is 0.458 e. The number of carbonyl (C=O) groups excluding carboxylic acids is 4. The predicted molar refractivity (Wildman–Crippen MR) is 103 cm³/mol. The van der Waals surface area contributed by atoms with Gasteiger partial charge in [0.15, 0.2) is 6.61 Å². The van der Waals surface area contributed by atoms with E-state index in [4.69, 9.17) is 18.8 Å². The highest BCUT2D eigenvalue weighted by atomic mass is 32.2. The second-order valence-electron chi connectivity index (χ2n) is 9.20. The first-order valence-corrected chi connectivity index (χ1v) is 12.4. The van der Waals surface area contributed by atoms with Crippen molar-refractivity contribution in [3.8, 4) is 0 Å². The summed E-state index contributed by atoms with van der Waals surface area (Å²) in [6, 6.07) is 0. The van der Waals surface area contributed by atoms with Crippen molar-refractivity contribution in [3.63, 3.8) is 0 Å². The number of halogens is 2. The normalized spacial score (nSPS) is 33.5. The molecule has 34 heavy (non-hydrogen) atoms. The number of hydrogen-bond donors (Lipinski definition) is 1. The lowest BCUT2D eigenvalue weighted by atomic mass is 9.78. The van der Waals surface area contributed by atoms with E-state index in [2.05, 4.69) is 4.74 Å². The molecule has 1 aliphatic heterocycles. The van der Waals surface area contributed by atoms with Crippen molar-refractivity contribution in [2.45, 2.75) is 68.5 Å². The van der Waals surface area contributed by atoms with Gasteiger partial charge in [-0.15, -0.1) is 0 Å². The minimum atomic E-state index is -6.10. The molecule has 11 nitrogen and oxygen atoms in total. The molecule has 190 valence electrons. The Balaban J connectivity index is 1.43. The first kappa shape index (κ1) is 24.8. The zero-order valence-electron chi connectivity index (χ0n) is 18.1. The van der Waals surface area contributed by atoms with Crippen molar-refractivity contribution >= 4 is 34.0 Å². The Morgan fingerprint density at radius 3 is 2.44 bits per heavy atom. The molecule has 3 aliphatic carbocycles. The number of ether oxygens (including phenoxy) is 4. The second kappa shape index (κ2) is 8.40. The number of fused-ring (bicyclic) bond motifs is 1. The molecule has 0 aromatic heterocycles. The van der Waals surface area contributed by atoms with E-state index in [1.807, 2.05) is 6.92 Å². The summed E-state index contributed by atoms with van der Waals surface area (Å²) in [7, 11) is -6.10. The van der Waals surface area contributed by atoms with Gasteiger partial charge in [-0.3, -0.25) is 14.1 Å². The Kier molecular flexibility index (Phi) is 6.12. The second-order valence-corrected chi connectivity index (χ2v) is 10.7. The van der Waals surface area contributed by atoms with Crippen molar-refractivity contribution in [3.05, 3.63) is 0 Å². The Morgan fingerprint density at radius 1 is 1.21 bits per heavy atom. The summed E-state index contributed by atoms with van der Waals surface area (Å²) in [6.45, 7) is 1.17. The summed E-state index contributed by atoms with van der Waals surface area (Å²) in [5.74, 6) is -8.93. The molecule has 4 aliphatic rings. The van der Waals surface area contributed by atoms with Crippen LogP contribution in [0, 0.1) is 23.7 Å². The van der Waals surface area contributed by atoms with E-state index in [0.717, 1.165) is 12.8 Å². The summed E-state index contributed by atoms with van der Waals surface area (Å²) in [6.07, 6.45) is 1.25. The van der Waals surface area contributed by atoms with Gasteiger partial charge in [-0.2, -0.15) is 17.2 Å². The monoisotopic (exact) mass is 510 g/mol. The third kappa shape index (κ3) is 3.93. The Morgan fingerprint density at radius 2 is 1.85 bits per heavy atom. The van der Waals surface area contributed by atoms with Crippen LogP contribution in [-0.2, 0) is 48.2 Å². The highest BCUT2D eigenvalue weighted by molar-refractivity contribution is 7.87. The molecule has 0 amide bonds. The Hall–Kier alpha value is -2.35. The fraction of sp³-hybridized carbons (Fsp3) is 0.800. The van der Waals surface area contributed by atoms with Crippen molar-refractivity contribution < 1.29 is 59.9 Å². The first-order valence-electron chi connectivity index (χ1n) is 11.0. The number of esters is 4. The van der Waals surface area contributed by atoms with Gasteiger partial charge in [0, 0.05) is 11.8 Å². The van der Waals surface area contributed by atoms with Crippen LogP contribution >= 0.6 is 0 Å². The molecule has 0 radical (unpaired) electrons. The molecule has 1 N–H and O–H groups in total. The molecular formula is C20H24F2O11S. The van der Waals surface area contributed by atoms with E-state index in [1.165, 1.54) is 0 Å². The van der Waals surface area contributed by atoms with Gasteiger partial charge < -0.3 is 18.9 Å². The van der Waals surface area contributed by atoms with Gasteiger partial charge in [0.05, 0.1) is 11.8 Å². The lowest BCUT2D eigenvalue weighted by molar-refractivity contribution is -0.181. The lowest BCUT2D eigenvalue weighted by Gasteiger charge is -2.31. The largest absolute Gasteiger partial charge is 0.465 e. The van der Waals surface area contributed by atoms with Gasteiger partial charge in [0.25, 0.3) is 0 Å². The average Bonchev–Trinajstić information content (AvgIpc) is 3.49. The summed E-state index contributed by atoms with van der Waals surface area (Å²) >= 11 is 0. The molecule has 6 unspecified atom stereocenters. The van der Waals surface area contributed by atoms with E-state index in [-0.39, 0.29) is 6.42 Å². The molecule has 0 spiro atoms. The van der Waals surface area contributed by atoms with Crippen molar-refractivity contribution in [1.82, 2.24) is 0 Å². The number of rotatable bonds is 8. The van der Waals surface area contributed by atoms with Gasteiger partial charge in [-0.05, 0) is 38.5 Å². The molecule has 1 saturated heterocycles. The minimum Gasteiger partial charge on any atom is -0.458 e.